The van der Waals surface area contributed by atoms with Crippen LogP contribution in [-0.4, -0.2) is 53.4 Å². The molecule has 1 saturated heterocycles. The maximum atomic E-state index is 12.8. The third kappa shape index (κ3) is 3.46. The van der Waals surface area contributed by atoms with Gasteiger partial charge in [-0.05, 0) is 43.0 Å². The van der Waals surface area contributed by atoms with E-state index in [0.717, 1.165) is 37.5 Å². The number of fused-ring (bicyclic) bond motifs is 2. The van der Waals surface area contributed by atoms with E-state index in [-0.39, 0.29) is 5.91 Å². The number of piperidine rings is 1. The van der Waals surface area contributed by atoms with Crippen LogP contribution in [-0.2, 0) is 0 Å². The number of aromatic nitrogens is 3. The molecule has 2 aromatic heterocycles. The minimum Gasteiger partial charge on any atom is -0.486 e. The SMILES string of the molecule is O=C(NCC1CCCN(c2nnc3ccccn23)C1)c1cccc2c1OCCO2. The molecule has 8 heteroatoms. The molecule has 1 aromatic carbocycles. The number of hydrogen-bond donors (Lipinski definition) is 1. The molecule has 3 aromatic rings. The van der Waals surface area contributed by atoms with Gasteiger partial charge in [0.05, 0.1) is 5.56 Å². The van der Waals surface area contributed by atoms with Gasteiger partial charge in [0, 0.05) is 25.8 Å². The van der Waals surface area contributed by atoms with Gasteiger partial charge in [-0.2, -0.15) is 0 Å². The quantitative estimate of drug-likeness (QED) is 0.732. The molecule has 5 rings (SSSR count). The molecule has 0 saturated carbocycles. The van der Waals surface area contributed by atoms with E-state index in [2.05, 4.69) is 20.4 Å². The molecule has 150 valence electrons. The van der Waals surface area contributed by atoms with Crippen molar-refractivity contribution >= 4 is 17.5 Å². The topological polar surface area (TPSA) is 81.0 Å². The number of hydrogen-bond acceptors (Lipinski definition) is 6. The number of carbonyl (C=O) groups excluding carboxylic acids is 1. The number of ether oxygens (including phenoxy) is 2. The lowest BCUT2D eigenvalue weighted by Crippen LogP contribution is -2.41. The second-order valence-corrected chi connectivity index (χ2v) is 7.42. The molecule has 1 fully saturated rings. The second-order valence-electron chi connectivity index (χ2n) is 7.42. The van der Waals surface area contributed by atoms with Crippen LogP contribution in [0, 0.1) is 5.92 Å². The van der Waals surface area contributed by atoms with E-state index in [1.165, 1.54) is 0 Å². The van der Waals surface area contributed by atoms with Gasteiger partial charge in [-0.15, -0.1) is 10.2 Å². The van der Waals surface area contributed by atoms with Crippen LogP contribution in [0.3, 0.4) is 0 Å². The largest absolute Gasteiger partial charge is 0.486 e. The van der Waals surface area contributed by atoms with Crippen molar-refractivity contribution in [2.45, 2.75) is 12.8 Å². The summed E-state index contributed by atoms with van der Waals surface area (Å²) >= 11 is 0. The van der Waals surface area contributed by atoms with Gasteiger partial charge < -0.3 is 19.7 Å². The van der Waals surface area contributed by atoms with Crippen LogP contribution in [0.5, 0.6) is 11.5 Å². The minimum atomic E-state index is -0.127. The molecule has 0 spiro atoms. The summed E-state index contributed by atoms with van der Waals surface area (Å²) < 4.78 is 13.2. The highest BCUT2D eigenvalue weighted by atomic mass is 16.6. The van der Waals surface area contributed by atoms with Gasteiger partial charge in [0.25, 0.3) is 5.91 Å². The lowest BCUT2D eigenvalue weighted by molar-refractivity contribution is 0.0934. The molecule has 1 atom stereocenters. The number of nitrogens with one attached hydrogen (secondary N) is 1. The number of amides is 1. The average Bonchev–Trinajstić information content (AvgIpc) is 3.21. The van der Waals surface area contributed by atoms with Crippen LogP contribution in [0.2, 0.25) is 0 Å². The molecule has 4 heterocycles. The fourth-order valence-electron chi connectivity index (χ4n) is 4.04. The van der Waals surface area contributed by atoms with Crippen molar-refractivity contribution in [2.24, 2.45) is 5.92 Å². The van der Waals surface area contributed by atoms with Gasteiger partial charge in [0.1, 0.15) is 13.2 Å². The summed E-state index contributed by atoms with van der Waals surface area (Å²) in [5, 5.41) is 11.7. The van der Waals surface area contributed by atoms with Gasteiger partial charge in [-0.3, -0.25) is 9.20 Å². The van der Waals surface area contributed by atoms with E-state index in [0.29, 0.717) is 42.7 Å². The van der Waals surface area contributed by atoms with Gasteiger partial charge in [-0.25, -0.2) is 0 Å². The van der Waals surface area contributed by atoms with Crippen LogP contribution in [0.25, 0.3) is 5.65 Å². The molecule has 8 nitrogen and oxygen atoms in total. The summed E-state index contributed by atoms with van der Waals surface area (Å²) in [5.41, 5.74) is 1.37. The third-order valence-electron chi connectivity index (χ3n) is 5.46. The van der Waals surface area contributed by atoms with Gasteiger partial charge in [-0.1, -0.05) is 12.1 Å². The molecule has 2 aliphatic rings. The predicted octanol–water partition coefficient (Wildman–Crippen LogP) is 2.15. The lowest BCUT2D eigenvalue weighted by Gasteiger charge is -2.32. The van der Waals surface area contributed by atoms with Crippen molar-refractivity contribution in [1.29, 1.82) is 0 Å². The molecular formula is C21H23N5O3. The number of benzene rings is 1. The third-order valence-corrected chi connectivity index (χ3v) is 5.46. The number of carbonyl (C=O) groups is 1. The summed E-state index contributed by atoms with van der Waals surface area (Å²) in [7, 11) is 0. The summed E-state index contributed by atoms with van der Waals surface area (Å²) in [6.45, 7) is 3.35. The van der Waals surface area contributed by atoms with Crippen LogP contribution in [0.15, 0.2) is 42.6 Å². The number of rotatable bonds is 4. The zero-order valence-corrected chi connectivity index (χ0v) is 16.1. The molecule has 0 radical (unpaired) electrons. The summed E-state index contributed by atoms with van der Waals surface area (Å²) in [6.07, 6.45) is 4.11. The van der Waals surface area contributed by atoms with Crippen molar-refractivity contribution < 1.29 is 14.3 Å². The molecule has 2 aliphatic heterocycles. The van der Waals surface area contributed by atoms with Crippen molar-refractivity contribution in [3.05, 3.63) is 48.2 Å². The maximum Gasteiger partial charge on any atom is 0.255 e. The van der Waals surface area contributed by atoms with E-state index in [4.69, 9.17) is 9.47 Å². The molecule has 0 bridgehead atoms. The molecular weight excluding hydrogens is 370 g/mol. The first kappa shape index (κ1) is 17.8. The second kappa shape index (κ2) is 7.62. The fraction of sp³-hybridized carbons (Fsp3) is 0.381. The van der Waals surface area contributed by atoms with E-state index < -0.39 is 0 Å². The molecule has 0 aliphatic carbocycles. The Morgan fingerprint density at radius 3 is 3.03 bits per heavy atom. The van der Waals surface area contributed by atoms with Crippen LogP contribution < -0.4 is 19.7 Å². The maximum absolute atomic E-state index is 12.8. The number of pyridine rings is 1. The first-order chi connectivity index (χ1) is 14.3. The van der Waals surface area contributed by atoms with Crippen molar-refractivity contribution in [3.8, 4) is 11.5 Å². The Hall–Kier alpha value is -3.29. The van der Waals surface area contributed by atoms with Gasteiger partial charge in [0.2, 0.25) is 5.95 Å². The van der Waals surface area contributed by atoms with E-state index >= 15 is 0 Å². The Kier molecular flexibility index (Phi) is 4.67. The number of nitrogens with zero attached hydrogens (tertiary/aromatic N) is 4. The Balaban J connectivity index is 1.25. The van der Waals surface area contributed by atoms with Crippen LogP contribution in [0.4, 0.5) is 5.95 Å². The number of anilines is 1. The van der Waals surface area contributed by atoms with Crippen molar-refractivity contribution in [2.75, 3.05) is 37.7 Å². The molecule has 1 N–H and O–H groups in total. The molecule has 29 heavy (non-hydrogen) atoms. The minimum absolute atomic E-state index is 0.127. The van der Waals surface area contributed by atoms with Crippen molar-refractivity contribution in [1.82, 2.24) is 19.9 Å². The van der Waals surface area contributed by atoms with Crippen molar-refractivity contribution in [3.63, 3.8) is 0 Å². The highest BCUT2D eigenvalue weighted by molar-refractivity contribution is 5.97. The van der Waals surface area contributed by atoms with E-state index in [1.807, 2.05) is 40.9 Å². The Bertz CT molecular complexity index is 1030. The summed E-state index contributed by atoms with van der Waals surface area (Å²) in [5.74, 6) is 2.25. The predicted molar refractivity (Wildman–Crippen MR) is 108 cm³/mol. The molecule has 1 amide bonds. The first-order valence-corrected chi connectivity index (χ1v) is 10.0. The summed E-state index contributed by atoms with van der Waals surface area (Å²) in [4.78, 5) is 15.0. The summed E-state index contributed by atoms with van der Waals surface area (Å²) in [6, 6.07) is 11.3. The van der Waals surface area contributed by atoms with Crippen LogP contribution in [0.1, 0.15) is 23.2 Å². The Labute approximate surface area is 168 Å². The van der Waals surface area contributed by atoms with Gasteiger partial charge in [0.15, 0.2) is 17.1 Å². The smallest absolute Gasteiger partial charge is 0.255 e. The highest BCUT2D eigenvalue weighted by Crippen LogP contribution is 2.33. The van der Waals surface area contributed by atoms with Crippen LogP contribution >= 0.6 is 0 Å². The van der Waals surface area contributed by atoms with E-state index in [9.17, 15) is 4.79 Å². The standard InChI is InChI=1S/C21H23N5O3/c27-20(16-6-3-7-17-19(16)29-12-11-28-17)22-13-15-5-4-9-25(14-15)21-24-23-18-8-1-2-10-26(18)21/h1-3,6-8,10,15H,4-5,9,11-14H2,(H,22,27). The zero-order chi connectivity index (χ0) is 19.6. The molecule has 1 unspecified atom stereocenters. The Morgan fingerprint density at radius 1 is 1.14 bits per heavy atom. The van der Waals surface area contributed by atoms with Gasteiger partial charge >= 0.3 is 0 Å². The average molecular weight is 393 g/mol. The van der Waals surface area contributed by atoms with E-state index in [1.54, 1.807) is 6.07 Å². The normalized spacial score (nSPS) is 18.6. The monoisotopic (exact) mass is 393 g/mol. The highest BCUT2D eigenvalue weighted by Gasteiger charge is 2.25. The first-order valence-electron chi connectivity index (χ1n) is 10.0. The fourth-order valence-corrected chi connectivity index (χ4v) is 4.04. The lowest BCUT2D eigenvalue weighted by atomic mass is 9.98. The number of para-hydroxylation sites is 1. The zero-order valence-electron chi connectivity index (χ0n) is 16.1. The Morgan fingerprint density at radius 2 is 2.07 bits per heavy atom.